The van der Waals surface area contributed by atoms with Crippen molar-refractivity contribution in [3.63, 3.8) is 0 Å². The predicted octanol–water partition coefficient (Wildman–Crippen LogP) is 5.31. The van der Waals surface area contributed by atoms with Crippen LogP contribution in [-0.4, -0.2) is 7.05 Å². The molecule has 0 fully saturated rings. The summed E-state index contributed by atoms with van der Waals surface area (Å²) in [6.07, 6.45) is 0. The lowest BCUT2D eigenvalue weighted by atomic mass is 9.93. The number of benzene rings is 2. The van der Waals surface area contributed by atoms with Crippen molar-refractivity contribution in [3.05, 3.63) is 67.6 Å². The minimum atomic E-state index is -0.625. The van der Waals surface area contributed by atoms with Gasteiger partial charge in [0.2, 0.25) is 0 Å². The number of halogens is 4. The Morgan fingerprint density at radius 1 is 1.00 bits per heavy atom. The van der Waals surface area contributed by atoms with E-state index in [0.29, 0.717) is 0 Å². The van der Waals surface area contributed by atoms with Crippen molar-refractivity contribution in [3.8, 4) is 0 Å². The molecule has 1 nitrogen and oxygen atoms in total. The fourth-order valence-electron chi connectivity index (χ4n) is 2.35. The highest BCUT2D eigenvalue weighted by Gasteiger charge is 2.21. The molecule has 2 rings (SSSR count). The SMILES string of the molecule is CNC(c1cc(C)c(Br)cc1C)c1cc(F)c(Cl)cc1F. The van der Waals surface area contributed by atoms with Crippen molar-refractivity contribution < 1.29 is 8.78 Å². The molecule has 0 radical (unpaired) electrons. The van der Waals surface area contributed by atoms with Crippen LogP contribution in [0.4, 0.5) is 8.78 Å². The lowest BCUT2D eigenvalue weighted by molar-refractivity contribution is 0.557. The van der Waals surface area contributed by atoms with Crippen LogP contribution in [0, 0.1) is 25.5 Å². The lowest BCUT2D eigenvalue weighted by Crippen LogP contribution is -2.20. The number of nitrogens with one attached hydrogen (secondary N) is 1. The minimum absolute atomic E-state index is 0.213. The number of aryl methyl sites for hydroxylation is 2. The lowest BCUT2D eigenvalue weighted by Gasteiger charge is -2.21. The first kappa shape index (κ1) is 16.4. The van der Waals surface area contributed by atoms with Crippen molar-refractivity contribution in [1.29, 1.82) is 0 Å². The van der Waals surface area contributed by atoms with Crippen LogP contribution in [0.1, 0.15) is 28.3 Å². The Morgan fingerprint density at radius 3 is 2.29 bits per heavy atom. The molecular weight excluding hydrogens is 360 g/mol. The van der Waals surface area contributed by atoms with Gasteiger partial charge in [-0.2, -0.15) is 0 Å². The van der Waals surface area contributed by atoms with Crippen molar-refractivity contribution in [2.45, 2.75) is 19.9 Å². The van der Waals surface area contributed by atoms with E-state index in [-0.39, 0.29) is 10.6 Å². The van der Waals surface area contributed by atoms with Crippen LogP contribution in [0.3, 0.4) is 0 Å². The number of hydrogen-bond donors (Lipinski definition) is 1. The molecule has 1 N–H and O–H groups in total. The molecular formula is C16H15BrClF2N. The van der Waals surface area contributed by atoms with Crippen LogP contribution in [0.5, 0.6) is 0 Å². The van der Waals surface area contributed by atoms with E-state index >= 15 is 0 Å². The molecule has 0 saturated carbocycles. The van der Waals surface area contributed by atoms with Crippen LogP contribution in [-0.2, 0) is 0 Å². The maximum absolute atomic E-state index is 14.2. The highest BCUT2D eigenvalue weighted by atomic mass is 79.9. The first-order valence-corrected chi connectivity index (χ1v) is 7.60. The molecule has 2 aromatic rings. The van der Waals surface area contributed by atoms with Gasteiger partial charge in [0.25, 0.3) is 0 Å². The van der Waals surface area contributed by atoms with Crippen LogP contribution < -0.4 is 5.32 Å². The van der Waals surface area contributed by atoms with Crippen LogP contribution >= 0.6 is 27.5 Å². The van der Waals surface area contributed by atoms with E-state index in [1.54, 1.807) is 7.05 Å². The summed E-state index contributed by atoms with van der Waals surface area (Å²) in [4.78, 5) is 0. The fraction of sp³-hybridized carbons (Fsp3) is 0.250. The Bertz CT molecular complexity index is 631. The molecule has 112 valence electrons. The van der Waals surface area contributed by atoms with E-state index in [4.69, 9.17) is 11.6 Å². The summed E-state index contributed by atoms with van der Waals surface area (Å²) in [6.45, 7) is 3.90. The summed E-state index contributed by atoms with van der Waals surface area (Å²) < 4.78 is 28.8. The van der Waals surface area contributed by atoms with Crippen LogP contribution in [0.15, 0.2) is 28.7 Å². The topological polar surface area (TPSA) is 12.0 Å². The second-order valence-electron chi connectivity index (χ2n) is 4.97. The van der Waals surface area contributed by atoms with E-state index < -0.39 is 17.7 Å². The van der Waals surface area contributed by atoms with Crippen molar-refractivity contribution in [2.75, 3.05) is 7.05 Å². The average Bonchev–Trinajstić information content (AvgIpc) is 2.42. The van der Waals surface area contributed by atoms with E-state index in [1.165, 1.54) is 0 Å². The highest BCUT2D eigenvalue weighted by Crippen LogP contribution is 2.32. The Morgan fingerprint density at radius 2 is 1.67 bits per heavy atom. The maximum Gasteiger partial charge on any atom is 0.142 e. The summed E-state index contributed by atoms with van der Waals surface area (Å²) in [7, 11) is 1.72. The molecule has 0 amide bonds. The Labute approximate surface area is 136 Å². The summed E-state index contributed by atoms with van der Waals surface area (Å²) in [6, 6.07) is 5.66. The zero-order valence-corrected chi connectivity index (χ0v) is 14.2. The van der Waals surface area contributed by atoms with Gasteiger partial charge in [-0.15, -0.1) is 0 Å². The van der Waals surface area contributed by atoms with Gasteiger partial charge in [-0.3, -0.25) is 0 Å². The summed E-state index contributed by atoms with van der Waals surface area (Å²) >= 11 is 9.09. The molecule has 5 heteroatoms. The molecule has 2 aromatic carbocycles. The summed E-state index contributed by atoms with van der Waals surface area (Å²) in [5.74, 6) is -1.15. The van der Waals surface area contributed by atoms with Gasteiger partial charge in [-0.1, -0.05) is 33.6 Å². The highest BCUT2D eigenvalue weighted by molar-refractivity contribution is 9.10. The normalized spacial score (nSPS) is 12.5. The van der Waals surface area contributed by atoms with Gasteiger partial charge >= 0.3 is 0 Å². The van der Waals surface area contributed by atoms with Gasteiger partial charge in [0.1, 0.15) is 11.6 Å². The van der Waals surface area contributed by atoms with Gasteiger partial charge in [0, 0.05) is 10.0 Å². The molecule has 0 saturated heterocycles. The van der Waals surface area contributed by atoms with Gasteiger partial charge < -0.3 is 5.32 Å². The van der Waals surface area contributed by atoms with Crippen molar-refractivity contribution in [2.24, 2.45) is 0 Å². The van der Waals surface area contributed by atoms with E-state index in [2.05, 4.69) is 21.2 Å². The zero-order valence-electron chi connectivity index (χ0n) is 11.9. The summed E-state index contributed by atoms with van der Waals surface area (Å²) in [5, 5.41) is 2.83. The quantitative estimate of drug-likeness (QED) is 0.718. The molecule has 21 heavy (non-hydrogen) atoms. The Kier molecular flexibility index (Phi) is 5.02. The zero-order chi connectivity index (χ0) is 15.7. The maximum atomic E-state index is 14.2. The van der Waals surface area contributed by atoms with Crippen molar-refractivity contribution >= 4 is 27.5 Å². The fourth-order valence-corrected chi connectivity index (χ4v) is 2.96. The molecule has 0 spiro atoms. The van der Waals surface area contributed by atoms with E-state index in [0.717, 1.165) is 33.3 Å². The smallest absolute Gasteiger partial charge is 0.142 e. The van der Waals surface area contributed by atoms with Gasteiger partial charge in [-0.25, -0.2) is 8.78 Å². The molecule has 1 unspecified atom stereocenters. The first-order chi connectivity index (χ1) is 9.85. The van der Waals surface area contributed by atoms with Gasteiger partial charge in [0.15, 0.2) is 0 Å². The monoisotopic (exact) mass is 373 g/mol. The van der Waals surface area contributed by atoms with E-state index in [1.807, 2.05) is 26.0 Å². The number of hydrogen-bond acceptors (Lipinski definition) is 1. The number of rotatable bonds is 3. The Hall–Kier alpha value is -0.970. The van der Waals surface area contributed by atoms with Crippen LogP contribution in [0.2, 0.25) is 5.02 Å². The second kappa shape index (κ2) is 6.42. The second-order valence-corrected chi connectivity index (χ2v) is 6.23. The molecule has 0 aliphatic rings. The molecule has 0 heterocycles. The largest absolute Gasteiger partial charge is 0.309 e. The van der Waals surface area contributed by atoms with Gasteiger partial charge in [-0.05, 0) is 55.8 Å². The summed E-state index contributed by atoms with van der Waals surface area (Å²) in [5.41, 5.74) is 3.16. The average molecular weight is 375 g/mol. The van der Waals surface area contributed by atoms with Gasteiger partial charge in [0.05, 0.1) is 11.1 Å². The van der Waals surface area contributed by atoms with Crippen molar-refractivity contribution in [1.82, 2.24) is 5.32 Å². The standard InChI is InChI=1S/C16H15BrClF2N/c1-8-5-12(17)9(2)4-10(8)16(21-3)11-6-15(20)13(18)7-14(11)19/h4-7,16,21H,1-3H3. The molecule has 0 aromatic heterocycles. The third-order valence-electron chi connectivity index (χ3n) is 3.50. The van der Waals surface area contributed by atoms with Crippen LogP contribution in [0.25, 0.3) is 0 Å². The first-order valence-electron chi connectivity index (χ1n) is 6.43. The predicted molar refractivity (Wildman–Crippen MR) is 85.9 cm³/mol. The Balaban J connectivity index is 2.60. The molecule has 0 aliphatic carbocycles. The van der Waals surface area contributed by atoms with E-state index in [9.17, 15) is 8.78 Å². The minimum Gasteiger partial charge on any atom is -0.309 e. The third-order valence-corrected chi connectivity index (χ3v) is 4.64. The molecule has 0 bridgehead atoms. The molecule has 1 atom stereocenters. The molecule has 0 aliphatic heterocycles. The third kappa shape index (κ3) is 3.28.